The molecule has 0 unspecified atom stereocenters. The number of hydrogen-bond donors (Lipinski definition) is 3. The number of ether oxygens (including phenoxy) is 3. The molecule has 0 saturated carbocycles. The summed E-state index contributed by atoms with van der Waals surface area (Å²) in [5, 5.41) is 7.47. The second-order valence-electron chi connectivity index (χ2n) is 13.9. The van der Waals surface area contributed by atoms with E-state index in [0.29, 0.717) is 24.1 Å². The van der Waals surface area contributed by atoms with Gasteiger partial charge < -0.3 is 24.8 Å². The van der Waals surface area contributed by atoms with Crippen LogP contribution >= 0.6 is 34.8 Å². The summed E-state index contributed by atoms with van der Waals surface area (Å²) in [6.07, 6.45) is 2.57. The van der Waals surface area contributed by atoms with E-state index < -0.39 is 75.5 Å². The Labute approximate surface area is 313 Å². The van der Waals surface area contributed by atoms with Gasteiger partial charge in [0.05, 0.1) is 22.7 Å². The van der Waals surface area contributed by atoms with Gasteiger partial charge >= 0.3 is 18.0 Å². The molecule has 1 aromatic carbocycles. The van der Waals surface area contributed by atoms with Crippen LogP contribution in [0.5, 0.6) is 0 Å². The normalized spacial score (nSPS) is 17.3. The maximum absolute atomic E-state index is 13.1. The Morgan fingerprint density at radius 2 is 1.69 bits per heavy atom. The zero-order valence-corrected chi connectivity index (χ0v) is 32.2. The van der Waals surface area contributed by atoms with Crippen molar-refractivity contribution >= 4 is 81.6 Å². The number of hydrogen-bond acceptors (Lipinski definition) is 10. The van der Waals surface area contributed by atoms with E-state index in [0.717, 1.165) is 10.9 Å². The number of rotatable bonds is 11. The Hall–Kier alpha value is -3.65. The van der Waals surface area contributed by atoms with Crippen molar-refractivity contribution < 1.29 is 38.2 Å². The van der Waals surface area contributed by atoms with Gasteiger partial charge in [0.15, 0.2) is 6.10 Å². The van der Waals surface area contributed by atoms with Crippen LogP contribution in [0, 0.1) is 5.41 Å². The molecule has 2 heterocycles. The summed E-state index contributed by atoms with van der Waals surface area (Å²) in [6.45, 7) is 13.2. The van der Waals surface area contributed by atoms with Gasteiger partial charge in [-0.25, -0.2) is 10.2 Å². The van der Waals surface area contributed by atoms with Crippen molar-refractivity contribution in [1.82, 2.24) is 26.1 Å². The van der Waals surface area contributed by atoms with Crippen LogP contribution in [-0.2, 0) is 33.4 Å². The van der Waals surface area contributed by atoms with Gasteiger partial charge in [0, 0.05) is 11.9 Å². The van der Waals surface area contributed by atoms with Crippen LogP contribution in [0.4, 0.5) is 4.79 Å². The van der Waals surface area contributed by atoms with Gasteiger partial charge in [-0.3, -0.25) is 29.2 Å². The summed E-state index contributed by atoms with van der Waals surface area (Å²) in [4.78, 5) is 68.4. The summed E-state index contributed by atoms with van der Waals surface area (Å²) < 4.78 is 14.1. The van der Waals surface area contributed by atoms with Crippen LogP contribution in [0.1, 0.15) is 85.5 Å². The highest BCUT2D eigenvalue weighted by Crippen LogP contribution is 2.27. The van der Waals surface area contributed by atoms with Crippen LogP contribution in [0.25, 0.3) is 17.0 Å². The zero-order chi connectivity index (χ0) is 38.3. The molecule has 2 aromatic rings. The van der Waals surface area contributed by atoms with Crippen molar-refractivity contribution in [1.29, 1.82) is 0 Å². The minimum absolute atomic E-state index is 0.289. The summed E-state index contributed by atoms with van der Waals surface area (Å²) >= 11 is 16.9. The predicted molar refractivity (Wildman–Crippen MR) is 195 cm³/mol. The molecule has 3 N–H and O–H groups in total. The van der Waals surface area contributed by atoms with E-state index in [1.54, 1.807) is 46.8 Å². The first-order chi connectivity index (χ1) is 23.5. The van der Waals surface area contributed by atoms with E-state index in [9.17, 15) is 24.0 Å². The van der Waals surface area contributed by atoms with Crippen molar-refractivity contribution in [2.75, 3.05) is 13.2 Å². The van der Waals surface area contributed by atoms with Crippen LogP contribution < -0.4 is 16.1 Å². The van der Waals surface area contributed by atoms with E-state index in [4.69, 9.17) is 54.0 Å². The lowest BCUT2D eigenvalue weighted by Gasteiger charge is -2.34. The minimum Gasteiger partial charge on any atom is -0.460 e. The third-order valence-corrected chi connectivity index (χ3v) is 7.96. The lowest BCUT2D eigenvalue weighted by atomic mass is 9.92. The van der Waals surface area contributed by atoms with Crippen molar-refractivity contribution in [2.45, 2.75) is 102 Å². The number of nitrogens with one attached hydrogen (secondary N) is 3. The minimum atomic E-state index is -1.77. The number of halogens is 3. The highest BCUT2D eigenvalue weighted by molar-refractivity contribution is 6.67. The molecule has 0 radical (unpaired) electrons. The third-order valence-electron chi connectivity index (χ3n) is 7.63. The van der Waals surface area contributed by atoms with E-state index in [1.165, 1.54) is 18.9 Å². The molecule has 1 aromatic heterocycles. The average molecular weight is 771 g/mol. The van der Waals surface area contributed by atoms with E-state index in [2.05, 4.69) is 16.1 Å². The second kappa shape index (κ2) is 17.2. The van der Waals surface area contributed by atoms with E-state index >= 15 is 0 Å². The lowest BCUT2D eigenvalue weighted by Crippen LogP contribution is -2.60. The fourth-order valence-corrected chi connectivity index (χ4v) is 4.95. The van der Waals surface area contributed by atoms with Crippen LogP contribution in [0.3, 0.4) is 0 Å². The van der Waals surface area contributed by atoms with Crippen LogP contribution in [-0.4, -0.2) is 80.6 Å². The first-order valence-corrected chi connectivity index (χ1v) is 17.6. The predicted octanol–water partition coefficient (Wildman–Crippen LogP) is 5.71. The molecule has 1 aliphatic rings. The number of fused-ring (bicyclic) bond motifs is 1. The maximum Gasteiger partial charge on any atom is 0.408 e. The molecular formula is C35H46Cl3N5O8. The number of amides is 3. The zero-order valence-electron chi connectivity index (χ0n) is 30.0. The Bertz CT molecular complexity index is 1640. The topological polar surface area (TPSA) is 165 Å². The lowest BCUT2D eigenvalue weighted by molar-refractivity contribution is -0.161. The molecule has 3 amide bonds. The number of alkyl halides is 3. The molecular weight excluding hydrogens is 725 g/mol. The first-order valence-electron chi connectivity index (χ1n) is 16.5. The fourth-order valence-electron chi connectivity index (χ4n) is 4.79. The largest absolute Gasteiger partial charge is 0.460 e. The Morgan fingerprint density at radius 3 is 2.33 bits per heavy atom. The van der Waals surface area contributed by atoms with Crippen molar-refractivity contribution in [3.05, 3.63) is 47.7 Å². The molecule has 280 valence electrons. The number of aromatic nitrogens is 1. The highest BCUT2D eigenvalue weighted by atomic mass is 35.6. The van der Waals surface area contributed by atoms with Crippen molar-refractivity contribution in [2.24, 2.45) is 5.41 Å². The molecule has 1 aliphatic heterocycles. The van der Waals surface area contributed by atoms with E-state index in [1.807, 2.05) is 37.3 Å². The summed E-state index contributed by atoms with van der Waals surface area (Å²) in [5.74, 6) is -2.52. The van der Waals surface area contributed by atoms with Gasteiger partial charge in [-0.15, -0.1) is 0 Å². The molecule has 13 nitrogen and oxygen atoms in total. The van der Waals surface area contributed by atoms with Gasteiger partial charge in [-0.05, 0) is 85.9 Å². The maximum atomic E-state index is 13.1. The van der Waals surface area contributed by atoms with Crippen LogP contribution in [0.2, 0.25) is 0 Å². The fraction of sp³-hybridized carbons (Fsp3) is 0.543. The first kappa shape index (κ1) is 41.8. The Morgan fingerprint density at radius 1 is 1.02 bits per heavy atom. The number of alkyl carbamates (subject to hydrolysis) is 1. The smallest absolute Gasteiger partial charge is 0.408 e. The van der Waals surface area contributed by atoms with Gasteiger partial charge in [0.2, 0.25) is 3.79 Å². The second-order valence-corrected chi connectivity index (χ2v) is 16.4. The number of esters is 2. The SMILES string of the molecule is C[C@H](NC(=O)[C@H](C)OC(=O)C(C)(C)/C=C/c1ccc2ccc([C@@H](C)NC(=O)OC(C)(C)C)nc2c1)C(=O)N1CCC[C@@H](C(=O)OCC(Cl)(Cl)Cl)N1. The molecule has 1 fully saturated rings. The van der Waals surface area contributed by atoms with Crippen molar-refractivity contribution in [3.8, 4) is 0 Å². The van der Waals surface area contributed by atoms with E-state index in [-0.39, 0.29) is 6.54 Å². The van der Waals surface area contributed by atoms with Gasteiger partial charge in [0.1, 0.15) is 24.3 Å². The number of pyridine rings is 1. The Balaban J connectivity index is 1.57. The van der Waals surface area contributed by atoms with Crippen molar-refractivity contribution in [3.63, 3.8) is 0 Å². The molecule has 0 spiro atoms. The molecule has 3 rings (SSSR count). The number of benzene rings is 1. The standard InChI is InChI=1S/C35H46Cl3N5O8/c1-20(40-32(48)51-33(4,5)6)25-14-13-24-12-11-23(18-27(24)41-25)15-16-34(7,8)31(47)50-22(3)28(44)39-21(2)29(45)43-17-9-10-26(42-43)30(46)49-19-35(36,37)38/h11-16,18,20-22,26,42H,9-10,17,19H2,1-8H3,(H,39,44)(H,40,48)/b16-15+/t20-,21+,22+,26+/m1/s1. The van der Waals surface area contributed by atoms with Gasteiger partial charge in [-0.1, -0.05) is 65.2 Å². The number of carbonyl (C=O) groups is 5. The van der Waals surface area contributed by atoms with Crippen LogP contribution in [0.15, 0.2) is 36.4 Å². The quantitative estimate of drug-likeness (QED) is 0.147. The molecule has 1 saturated heterocycles. The number of carbonyl (C=O) groups excluding carboxylic acids is 5. The molecule has 4 atom stereocenters. The molecule has 0 bridgehead atoms. The Kier molecular flexibility index (Phi) is 14.1. The number of hydrazine groups is 1. The monoisotopic (exact) mass is 769 g/mol. The number of nitrogens with zero attached hydrogens (tertiary/aromatic N) is 2. The highest BCUT2D eigenvalue weighted by Gasteiger charge is 2.34. The van der Waals surface area contributed by atoms with Gasteiger partial charge in [0.25, 0.3) is 11.8 Å². The van der Waals surface area contributed by atoms with Gasteiger partial charge in [-0.2, -0.15) is 0 Å². The summed E-state index contributed by atoms with van der Waals surface area (Å²) in [6, 6.07) is 7.14. The summed E-state index contributed by atoms with van der Waals surface area (Å²) in [5.41, 5.74) is 3.16. The third kappa shape index (κ3) is 13.1. The molecule has 16 heteroatoms. The average Bonchev–Trinajstić information content (AvgIpc) is 3.04. The summed E-state index contributed by atoms with van der Waals surface area (Å²) in [7, 11) is 0. The molecule has 0 aliphatic carbocycles. The molecule has 51 heavy (non-hydrogen) atoms.